The van der Waals surface area contributed by atoms with E-state index in [0.29, 0.717) is 0 Å². The van der Waals surface area contributed by atoms with Crippen LogP contribution in [0, 0.1) is 0 Å². The fourth-order valence-electron chi connectivity index (χ4n) is 1.90. The fourth-order valence-corrected chi connectivity index (χ4v) is 2.94. The van der Waals surface area contributed by atoms with E-state index in [1.807, 2.05) is 12.1 Å². The van der Waals surface area contributed by atoms with Crippen LogP contribution < -0.4 is 0 Å². The molecular formula is C20H26OSi. The highest BCUT2D eigenvalue weighted by atomic mass is 28.4. The van der Waals surface area contributed by atoms with Crippen molar-refractivity contribution in [2.45, 2.75) is 38.9 Å². The minimum absolute atomic E-state index is 0.178. The first-order valence-electron chi connectivity index (χ1n) is 7.81. The fraction of sp³-hybridized carbons (Fsp3) is 0.300. The van der Waals surface area contributed by atoms with Gasteiger partial charge in [-0.25, -0.2) is 0 Å². The lowest BCUT2D eigenvalue weighted by Gasteiger charge is -2.37. The topological polar surface area (TPSA) is 9.23 Å². The van der Waals surface area contributed by atoms with Crippen LogP contribution >= 0.6 is 0 Å². The second kappa shape index (κ2) is 6.53. The molecule has 1 nitrogen and oxygen atoms in total. The van der Waals surface area contributed by atoms with Crippen LogP contribution in [0.2, 0.25) is 18.1 Å². The van der Waals surface area contributed by atoms with E-state index < -0.39 is 8.32 Å². The molecule has 0 aliphatic heterocycles. The van der Waals surface area contributed by atoms with Gasteiger partial charge in [-0.15, -0.1) is 0 Å². The Morgan fingerprint density at radius 1 is 0.864 bits per heavy atom. The molecule has 116 valence electrons. The van der Waals surface area contributed by atoms with E-state index in [2.05, 4.69) is 88.5 Å². The molecule has 0 atom stereocenters. The van der Waals surface area contributed by atoms with Gasteiger partial charge in [-0.05, 0) is 29.8 Å². The Hall–Kier alpha value is -1.80. The lowest BCUT2D eigenvalue weighted by molar-refractivity contribution is 0.460. The molecule has 0 aliphatic rings. The van der Waals surface area contributed by atoms with E-state index in [1.54, 1.807) is 0 Å². The highest BCUT2D eigenvalue weighted by molar-refractivity contribution is 6.74. The van der Waals surface area contributed by atoms with Crippen molar-refractivity contribution in [3.8, 4) is 0 Å². The average molecular weight is 311 g/mol. The molecule has 0 N–H and O–H groups in total. The third-order valence-electron chi connectivity index (χ3n) is 4.33. The first-order valence-corrected chi connectivity index (χ1v) is 10.7. The van der Waals surface area contributed by atoms with Crippen molar-refractivity contribution in [3.05, 3.63) is 71.8 Å². The van der Waals surface area contributed by atoms with Gasteiger partial charge >= 0.3 is 0 Å². The van der Waals surface area contributed by atoms with Crippen molar-refractivity contribution in [1.29, 1.82) is 0 Å². The van der Waals surface area contributed by atoms with Gasteiger partial charge in [-0.1, -0.05) is 81.4 Å². The van der Waals surface area contributed by atoms with Gasteiger partial charge in [0.2, 0.25) is 0 Å². The van der Waals surface area contributed by atoms with Crippen LogP contribution in [0.25, 0.3) is 11.8 Å². The molecule has 0 aromatic heterocycles. The average Bonchev–Trinajstić information content (AvgIpc) is 2.47. The first kappa shape index (κ1) is 16.6. The maximum absolute atomic E-state index is 6.59. The summed E-state index contributed by atoms with van der Waals surface area (Å²) in [7, 11) is -1.87. The Labute approximate surface area is 135 Å². The Bertz CT molecular complexity index is 622. The molecule has 0 fully saturated rings. The van der Waals surface area contributed by atoms with Gasteiger partial charge in [0.15, 0.2) is 0 Å². The summed E-state index contributed by atoms with van der Waals surface area (Å²) < 4.78 is 6.59. The molecule has 0 spiro atoms. The van der Waals surface area contributed by atoms with Crippen molar-refractivity contribution in [2.75, 3.05) is 0 Å². The summed E-state index contributed by atoms with van der Waals surface area (Å²) in [5.74, 6) is 0.971. The molecule has 0 saturated carbocycles. The van der Waals surface area contributed by atoms with E-state index >= 15 is 0 Å². The second-order valence-electron chi connectivity index (χ2n) is 7.15. The summed E-state index contributed by atoms with van der Waals surface area (Å²) >= 11 is 0. The molecule has 0 radical (unpaired) electrons. The summed E-state index contributed by atoms with van der Waals surface area (Å²) in [5.41, 5.74) is 2.30. The number of hydrogen-bond acceptors (Lipinski definition) is 1. The predicted molar refractivity (Wildman–Crippen MR) is 99.0 cm³/mol. The lowest BCUT2D eigenvalue weighted by Crippen LogP contribution is -2.40. The van der Waals surface area contributed by atoms with Crippen molar-refractivity contribution in [2.24, 2.45) is 0 Å². The highest BCUT2D eigenvalue weighted by Crippen LogP contribution is 2.39. The third-order valence-corrected chi connectivity index (χ3v) is 8.67. The zero-order valence-electron chi connectivity index (χ0n) is 14.3. The molecule has 22 heavy (non-hydrogen) atoms. The van der Waals surface area contributed by atoms with Crippen LogP contribution in [0.15, 0.2) is 60.7 Å². The monoisotopic (exact) mass is 310 g/mol. The van der Waals surface area contributed by atoms with Crippen LogP contribution in [0.3, 0.4) is 0 Å². The number of benzene rings is 2. The van der Waals surface area contributed by atoms with Crippen LogP contribution in [-0.2, 0) is 4.43 Å². The van der Waals surface area contributed by atoms with Gasteiger partial charge in [-0.3, -0.25) is 0 Å². The van der Waals surface area contributed by atoms with Crippen LogP contribution in [-0.4, -0.2) is 8.32 Å². The number of hydrogen-bond donors (Lipinski definition) is 0. The summed E-state index contributed by atoms with van der Waals surface area (Å²) in [6, 6.07) is 20.7. The van der Waals surface area contributed by atoms with Gasteiger partial charge in [0.1, 0.15) is 5.76 Å². The van der Waals surface area contributed by atoms with Gasteiger partial charge in [0, 0.05) is 5.56 Å². The number of rotatable bonds is 4. The predicted octanol–water partition coefficient (Wildman–Crippen LogP) is 6.21. The lowest BCUT2D eigenvalue weighted by atomic mass is 10.1. The third kappa shape index (κ3) is 4.11. The molecule has 0 bridgehead atoms. The van der Waals surface area contributed by atoms with Crippen LogP contribution in [0.4, 0.5) is 0 Å². The van der Waals surface area contributed by atoms with E-state index in [4.69, 9.17) is 4.43 Å². The van der Waals surface area contributed by atoms with E-state index in [-0.39, 0.29) is 5.04 Å². The quantitative estimate of drug-likeness (QED) is 0.371. The molecule has 2 rings (SSSR count). The molecule has 0 amide bonds. The van der Waals surface area contributed by atoms with Crippen LogP contribution in [0.5, 0.6) is 0 Å². The van der Waals surface area contributed by atoms with Crippen molar-refractivity contribution >= 4 is 20.2 Å². The minimum atomic E-state index is -1.87. The van der Waals surface area contributed by atoms with E-state index in [0.717, 1.165) is 11.3 Å². The SMILES string of the molecule is CC(C)(C)[Si](C)(C)O/C(=C\c1ccccc1)c1ccccc1. The highest BCUT2D eigenvalue weighted by Gasteiger charge is 2.39. The normalized spacial score (nSPS) is 13.0. The second-order valence-corrected chi connectivity index (χ2v) is 11.9. The maximum atomic E-state index is 6.59. The molecule has 2 aromatic carbocycles. The van der Waals surface area contributed by atoms with Gasteiger partial charge in [0.25, 0.3) is 8.32 Å². The molecule has 0 unspecified atom stereocenters. The summed E-state index contributed by atoms with van der Waals surface area (Å²) in [6.07, 6.45) is 2.15. The standard InChI is InChI=1S/C20H26OSi/c1-20(2,3)22(4,5)21-19(18-14-10-7-11-15-18)16-17-12-8-6-9-13-17/h6-16H,1-5H3/b19-16-. The maximum Gasteiger partial charge on any atom is 0.250 e. The van der Waals surface area contributed by atoms with Gasteiger partial charge < -0.3 is 4.43 Å². The Balaban J connectivity index is 2.42. The zero-order valence-corrected chi connectivity index (χ0v) is 15.3. The van der Waals surface area contributed by atoms with E-state index in [1.165, 1.54) is 5.56 Å². The molecule has 0 saturated heterocycles. The summed E-state index contributed by atoms with van der Waals surface area (Å²) in [5, 5.41) is 0.178. The van der Waals surface area contributed by atoms with Crippen molar-refractivity contribution in [3.63, 3.8) is 0 Å². The molecule has 0 heterocycles. The minimum Gasteiger partial charge on any atom is -0.543 e. The zero-order chi connectivity index (χ0) is 16.2. The van der Waals surface area contributed by atoms with Crippen LogP contribution in [0.1, 0.15) is 31.9 Å². The summed E-state index contributed by atoms with van der Waals surface area (Å²) in [6.45, 7) is 11.4. The van der Waals surface area contributed by atoms with Gasteiger partial charge in [-0.2, -0.15) is 0 Å². The smallest absolute Gasteiger partial charge is 0.250 e. The van der Waals surface area contributed by atoms with Crippen molar-refractivity contribution < 1.29 is 4.43 Å². The Morgan fingerprint density at radius 3 is 1.86 bits per heavy atom. The van der Waals surface area contributed by atoms with E-state index in [9.17, 15) is 0 Å². The Kier molecular flexibility index (Phi) is 4.92. The molecule has 0 aliphatic carbocycles. The molecule has 2 aromatic rings. The summed E-state index contributed by atoms with van der Waals surface area (Å²) in [4.78, 5) is 0. The first-order chi connectivity index (χ1) is 10.3. The molecule has 2 heteroatoms. The van der Waals surface area contributed by atoms with Gasteiger partial charge in [0.05, 0.1) is 0 Å². The molecular weight excluding hydrogens is 284 g/mol. The largest absolute Gasteiger partial charge is 0.543 e. The van der Waals surface area contributed by atoms with Crippen molar-refractivity contribution in [1.82, 2.24) is 0 Å². The Morgan fingerprint density at radius 2 is 1.36 bits per heavy atom.